The van der Waals surface area contributed by atoms with Gasteiger partial charge in [0, 0.05) is 5.56 Å². The van der Waals surface area contributed by atoms with Gasteiger partial charge in [-0.25, -0.2) is 8.78 Å². The Labute approximate surface area is 80.2 Å². The molecule has 0 aliphatic heterocycles. The fourth-order valence-corrected chi connectivity index (χ4v) is 1.25. The Kier molecular flexibility index (Phi) is 2.84. The number of rotatable bonds is 2. The van der Waals surface area contributed by atoms with Crippen LogP contribution in [-0.2, 0) is 4.79 Å². The molecule has 1 rings (SSSR count). The van der Waals surface area contributed by atoms with E-state index in [1.54, 1.807) is 6.92 Å². The van der Waals surface area contributed by atoms with Crippen LogP contribution in [0.2, 0.25) is 0 Å². The maximum Gasteiger partial charge on any atom is 0.310 e. The normalized spacial score (nSPS) is 12.6. The van der Waals surface area contributed by atoms with Gasteiger partial charge in [-0.2, -0.15) is 0 Å². The van der Waals surface area contributed by atoms with Crippen LogP contribution in [0.5, 0.6) is 0 Å². The predicted molar refractivity (Wildman–Crippen MR) is 47.1 cm³/mol. The minimum Gasteiger partial charge on any atom is -0.481 e. The fraction of sp³-hybridized carbons (Fsp3) is 0.300. The molecule has 1 unspecified atom stereocenters. The minimum atomic E-state index is -1.24. The van der Waals surface area contributed by atoms with Crippen molar-refractivity contribution in [3.8, 4) is 0 Å². The summed E-state index contributed by atoms with van der Waals surface area (Å²) in [6.45, 7) is 2.79. The molecule has 0 fully saturated rings. The summed E-state index contributed by atoms with van der Waals surface area (Å²) in [4.78, 5) is 10.6. The van der Waals surface area contributed by atoms with E-state index in [4.69, 9.17) is 5.11 Å². The van der Waals surface area contributed by atoms with Crippen molar-refractivity contribution in [2.45, 2.75) is 19.8 Å². The molecule has 1 aromatic rings. The highest BCUT2D eigenvalue weighted by Gasteiger charge is 2.22. The Morgan fingerprint density at radius 2 is 1.79 bits per heavy atom. The molecule has 0 amide bonds. The first kappa shape index (κ1) is 10.6. The third-order valence-electron chi connectivity index (χ3n) is 2.03. The average Bonchev–Trinajstić information content (AvgIpc) is 2.01. The molecule has 0 saturated heterocycles. The summed E-state index contributed by atoms with van der Waals surface area (Å²) in [5.74, 6) is -4.03. The van der Waals surface area contributed by atoms with Gasteiger partial charge in [0.1, 0.15) is 11.6 Å². The van der Waals surface area contributed by atoms with E-state index in [2.05, 4.69) is 0 Å². The van der Waals surface area contributed by atoms with Crippen molar-refractivity contribution in [2.75, 3.05) is 0 Å². The van der Waals surface area contributed by atoms with E-state index in [-0.39, 0.29) is 5.56 Å². The molecule has 0 aliphatic rings. The molecule has 0 saturated carbocycles. The molecular weight excluding hydrogens is 190 g/mol. The quantitative estimate of drug-likeness (QED) is 0.796. The highest BCUT2D eigenvalue weighted by Crippen LogP contribution is 2.23. The van der Waals surface area contributed by atoms with Crippen LogP contribution in [0.1, 0.15) is 24.0 Å². The lowest BCUT2D eigenvalue weighted by Gasteiger charge is -2.09. The molecule has 0 bridgehead atoms. The number of carbonyl (C=O) groups is 1. The van der Waals surface area contributed by atoms with Gasteiger partial charge in [0.25, 0.3) is 0 Å². The summed E-state index contributed by atoms with van der Waals surface area (Å²) in [5, 5.41) is 8.62. The van der Waals surface area contributed by atoms with Crippen LogP contribution in [-0.4, -0.2) is 11.1 Å². The first-order chi connectivity index (χ1) is 6.43. The second-order valence-corrected chi connectivity index (χ2v) is 3.20. The van der Waals surface area contributed by atoms with E-state index in [0.29, 0.717) is 5.56 Å². The van der Waals surface area contributed by atoms with Crippen molar-refractivity contribution in [2.24, 2.45) is 0 Å². The molecule has 0 radical (unpaired) electrons. The van der Waals surface area contributed by atoms with Crippen molar-refractivity contribution in [3.05, 3.63) is 34.9 Å². The molecule has 0 heterocycles. The lowest BCUT2D eigenvalue weighted by Crippen LogP contribution is -2.11. The topological polar surface area (TPSA) is 37.3 Å². The molecule has 0 aromatic heterocycles. The van der Waals surface area contributed by atoms with Gasteiger partial charge >= 0.3 is 5.97 Å². The number of hydrogen-bond donors (Lipinski definition) is 1. The van der Waals surface area contributed by atoms with E-state index in [0.717, 1.165) is 12.1 Å². The summed E-state index contributed by atoms with van der Waals surface area (Å²) in [5.41, 5.74) is 0.0458. The summed E-state index contributed by atoms with van der Waals surface area (Å²) < 4.78 is 26.4. The molecule has 1 atom stereocenters. The highest BCUT2D eigenvalue weighted by molar-refractivity contribution is 5.75. The van der Waals surface area contributed by atoms with Crippen LogP contribution in [0.3, 0.4) is 0 Å². The molecule has 0 aliphatic carbocycles. The second-order valence-electron chi connectivity index (χ2n) is 3.20. The van der Waals surface area contributed by atoms with Crippen LogP contribution in [0.15, 0.2) is 12.1 Å². The number of benzene rings is 1. The van der Waals surface area contributed by atoms with Crippen molar-refractivity contribution in [1.29, 1.82) is 0 Å². The number of halogens is 2. The van der Waals surface area contributed by atoms with Crippen LogP contribution in [0, 0.1) is 18.6 Å². The predicted octanol–water partition coefficient (Wildman–Crippen LogP) is 2.46. The zero-order chi connectivity index (χ0) is 10.9. The Hall–Kier alpha value is -1.45. The van der Waals surface area contributed by atoms with Crippen LogP contribution < -0.4 is 0 Å². The molecule has 14 heavy (non-hydrogen) atoms. The lowest BCUT2D eigenvalue weighted by atomic mass is 9.99. The summed E-state index contributed by atoms with van der Waals surface area (Å²) in [7, 11) is 0. The van der Waals surface area contributed by atoms with Crippen molar-refractivity contribution < 1.29 is 18.7 Å². The first-order valence-corrected chi connectivity index (χ1v) is 4.12. The van der Waals surface area contributed by atoms with Gasteiger partial charge in [0.05, 0.1) is 5.92 Å². The third kappa shape index (κ3) is 1.89. The molecule has 1 aromatic carbocycles. The van der Waals surface area contributed by atoms with Gasteiger partial charge in [-0.15, -0.1) is 0 Å². The van der Waals surface area contributed by atoms with E-state index >= 15 is 0 Å². The SMILES string of the molecule is Cc1cc(F)c(C(C)C(=O)O)c(F)c1. The van der Waals surface area contributed by atoms with Crippen LogP contribution >= 0.6 is 0 Å². The maximum atomic E-state index is 13.2. The maximum absolute atomic E-state index is 13.2. The molecule has 2 nitrogen and oxygen atoms in total. The summed E-state index contributed by atoms with van der Waals surface area (Å²) in [6.07, 6.45) is 0. The molecule has 76 valence electrons. The van der Waals surface area contributed by atoms with E-state index in [1.807, 2.05) is 0 Å². The van der Waals surface area contributed by atoms with Gasteiger partial charge in [-0.3, -0.25) is 4.79 Å². The Morgan fingerprint density at radius 3 is 2.14 bits per heavy atom. The van der Waals surface area contributed by atoms with Crippen LogP contribution in [0.25, 0.3) is 0 Å². The fourth-order valence-electron chi connectivity index (χ4n) is 1.25. The zero-order valence-electron chi connectivity index (χ0n) is 7.84. The largest absolute Gasteiger partial charge is 0.481 e. The van der Waals surface area contributed by atoms with Crippen molar-refractivity contribution >= 4 is 5.97 Å². The molecule has 4 heteroatoms. The minimum absolute atomic E-state index is 0.386. The number of aliphatic carboxylic acids is 1. The monoisotopic (exact) mass is 200 g/mol. The summed E-state index contributed by atoms with van der Waals surface area (Å²) in [6, 6.07) is 2.25. The van der Waals surface area contributed by atoms with Crippen molar-refractivity contribution in [3.63, 3.8) is 0 Å². The lowest BCUT2D eigenvalue weighted by molar-refractivity contribution is -0.138. The zero-order valence-corrected chi connectivity index (χ0v) is 7.84. The Bertz CT molecular complexity index is 351. The van der Waals surface area contributed by atoms with Gasteiger partial charge in [0.2, 0.25) is 0 Å². The van der Waals surface area contributed by atoms with E-state index in [9.17, 15) is 13.6 Å². The summed E-state index contributed by atoms with van der Waals surface area (Å²) >= 11 is 0. The smallest absolute Gasteiger partial charge is 0.310 e. The van der Waals surface area contributed by atoms with Gasteiger partial charge < -0.3 is 5.11 Å². The molecule has 0 spiro atoms. The second kappa shape index (κ2) is 3.74. The highest BCUT2D eigenvalue weighted by atomic mass is 19.1. The average molecular weight is 200 g/mol. The number of carboxylic acids is 1. The Morgan fingerprint density at radius 1 is 1.36 bits per heavy atom. The van der Waals surface area contributed by atoms with Crippen LogP contribution in [0.4, 0.5) is 8.78 Å². The third-order valence-corrected chi connectivity index (χ3v) is 2.03. The number of hydrogen-bond acceptors (Lipinski definition) is 1. The number of aryl methyl sites for hydroxylation is 1. The Balaban J connectivity index is 3.27. The molecular formula is C10H10F2O2. The van der Waals surface area contributed by atoms with Gasteiger partial charge in [-0.1, -0.05) is 0 Å². The first-order valence-electron chi connectivity index (χ1n) is 4.12. The van der Waals surface area contributed by atoms with Gasteiger partial charge in [0.15, 0.2) is 0 Å². The van der Waals surface area contributed by atoms with Gasteiger partial charge in [-0.05, 0) is 31.5 Å². The number of carboxylic acid groups (broad SMARTS) is 1. The standard InChI is InChI=1S/C10H10F2O2/c1-5-3-7(11)9(8(12)4-5)6(2)10(13)14/h3-4,6H,1-2H3,(H,13,14). The van der Waals surface area contributed by atoms with Crippen molar-refractivity contribution in [1.82, 2.24) is 0 Å². The van der Waals surface area contributed by atoms with E-state index in [1.165, 1.54) is 6.92 Å². The molecule has 1 N–H and O–H groups in total. The van der Waals surface area contributed by atoms with E-state index < -0.39 is 23.5 Å².